The van der Waals surface area contributed by atoms with Crippen molar-refractivity contribution in [3.05, 3.63) is 216 Å². The van der Waals surface area contributed by atoms with Gasteiger partial charge in [-0.3, -0.25) is 108 Å². The number of nitrogens with one attached hydrogen (secondary N) is 4. The number of nitrogens with two attached hydrogens (primary N) is 5. The second-order valence-corrected chi connectivity index (χ2v) is 49.3. The molecule has 0 unspecified atom stereocenters. The number of aromatic nitrogens is 3. The number of aliphatic hydroxyl groups is 1. The SMILES string of the molecule is C.CC1(C)OB(B2OC(C)(C)C(C)(C)O2)OC1(C)C.CN(C)CCN.CN(C)CCNc1cc(F)cc(-c2nccc(N)c2N)c1.CN(C)CCNc1cc(F)cc(-c2nccc(N)c2[N+](=O)[O-])c1.CN(C)CCNc1cc(F)cc(B2OC(C)(C)C(C)(C)O2)c1.CN(C)CCNc1cc(F)cc(Br)c1.CO.I[C-](I)I.I[CH-]I.Nc1ccnc(Br)c1[N+](=O)[O-].O=Cc1cc(F)cc(Br)c1.[CH2-]I.[CH2-]I.[CH3-].[V].[V].[V].[V].[V]. The number of hydrogen-bond donors (Lipinski definition) is 10. The molecule has 3 fully saturated rings. The minimum atomic E-state index is -0.609. The van der Waals surface area contributed by atoms with E-state index in [2.05, 4.69) is 222 Å². The first kappa shape index (κ1) is 162. The quantitative estimate of drug-likeness (QED) is 0.00371. The number of halogens is 15. The van der Waals surface area contributed by atoms with E-state index < -0.39 is 53.8 Å². The number of rotatable bonds is 25. The first-order valence-corrected chi connectivity index (χ1v) is 52.9. The fraction of sp³-hybridized carbons (Fsp3) is 0.440. The Bertz CT molecular complexity index is 4820. The van der Waals surface area contributed by atoms with Gasteiger partial charge in [0, 0.05) is 232 Å². The number of carbonyl (C=O) groups excluding carboxylic acids is 1. The van der Waals surface area contributed by atoms with E-state index in [0.29, 0.717) is 67.9 Å². The van der Waals surface area contributed by atoms with Gasteiger partial charge in [0.1, 0.15) is 46.7 Å². The summed E-state index contributed by atoms with van der Waals surface area (Å²) in [6.07, 6.45) is 4.92. The third kappa shape index (κ3) is 64.0. The van der Waals surface area contributed by atoms with Crippen molar-refractivity contribution in [3.8, 4) is 22.5 Å². The number of carbonyl (C=O) groups is 1. The zero-order valence-corrected chi connectivity index (χ0v) is 112. The predicted octanol–water partition coefficient (Wildman–Crippen LogP) is 22.4. The summed E-state index contributed by atoms with van der Waals surface area (Å²) in [5, 5.41) is 41.1. The monoisotopic (exact) mass is 3200 g/mol. The van der Waals surface area contributed by atoms with Crippen LogP contribution in [-0.4, -0.2) is 258 Å². The number of hydrogen-bond acceptors (Lipinski definition) is 29. The van der Waals surface area contributed by atoms with Crippen LogP contribution in [0, 0.1) is 69.0 Å². The van der Waals surface area contributed by atoms with Gasteiger partial charge in [0.05, 0.1) is 60.5 Å². The minimum absolute atomic E-state index is 0. The summed E-state index contributed by atoms with van der Waals surface area (Å²) in [5.41, 5.74) is 31.2. The zero-order valence-electron chi connectivity index (χ0n) is 85.2. The van der Waals surface area contributed by atoms with Crippen LogP contribution in [0.2, 0.25) is 0 Å². The normalized spacial score (nSPS) is 13.6. The average molecular weight is 3200 g/mol. The van der Waals surface area contributed by atoms with E-state index in [9.17, 15) is 47.0 Å². The average Bonchev–Trinajstić information content (AvgIpc) is 1.59. The molecule has 0 bridgehead atoms. The van der Waals surface area contributed by atoms with Crippen LogP contribution in [0.1, 0.15) is 101 Å². The molecule has 0 atom stereocenters. The maximum atomic E-state index is 13.9. The first-order chi connectivity index (χ1) is 64.2. The molecule has 0 amide bonds. The minimum Gasteiger partial charge on any atom is -0.405 e. The van der Waals surface area contributed by atoms with Crippen molar-refractivity contribution in [3.63, 3.8) is 0 Å². The summed E-state index contributed by atoms with van der Waals surface area (Å²) in [6, 6.07) is 26.8. The maximum Gasteiger partial charge on any atom is 0.495 e. The number of nitrogens with zero attached hydrogens (tertiary/aromatic N) is 10. The van der Waals surface area contributed by atoms with Crippen molar-refractivity contribution in [1.82, 2.24) is 39.5 Å². The number of aldehydes is 1. The van der Waals surface area contributed by atoms with Crippen LogP contribution in [0.4, 0.5) is 78.8 Å². The predicted molar refractivity (Wildman–Crippen MR) is 643 cm³/mol. The molecule has 5 radical (unpaired) electrons. The largest absolute Gasteiger partial charge is 0.495 e. The number of nitro groups is 2. The number of nitrogen functional groups attached to an aromatic ring is 4. The third-order valence-corrected chi connectivity index (χ3v) is 21.3. The molecule has 813 valence electrons. The number of anilines is 8. The Hall–Kier alpha value is -0.783. The molecule has 0 spiro atoms. The molecule has 15 N–H and O–H groups in total. The van der Waals surface area contributed by atoms with Gasteiger partial charge >= 0.3 is 32.5 Å². The first-order valence-electron chi connectivity index (χ1n) is 41.7. The van der Waals surface area contributed by atoms with Gasteiger partial charge in [0.2, 0.25) is 0 Å². The van der Waals surface area contributed by atoms with Gasteiger partial charge in [-0.1, -0.05) is 39.3 Å². The Morgan fingerprint density at radius 2 is 0.731 bits per heavy atom. The molecule has 0 saturated carbocycles. The summed E-state index contributed by atoms with van der Waals surface area (Å²) >= 11 is 24.0. The van der Waals surface area contributed by atoms with E-state index in [1.54, 1.807) is 24.4 Å². The van der Waals surface area contributed by atoms with Gasteiger partial charge < -0.3 is 205 Å². The van der Waals surface area contributed by atoms with E-state index in [4.69, 9.17) is 61.7 Å². The van der Waals surface area contributed by atoms with Crippen LogP contribution >= 0.6 is 206 Å². The summed E-state index contributed by atoms with van der Waals surface area (Å²) < 4.78 is 107. The van der Waals surface area contributed by atoms with Gasteiger partial charge in [-0.25, -0.2) is 34.4 Å². The summed E-state index contributed by atoms with van der Waals surface area (Å²) in [5.74, 6) is -1.78. The summed E-state index contributed by atoms with van der Waals surface area (Å²) in [6.45, 7) is 32.2. The van der Waals surface area contributed by atoms with Gasteiger partial charge in [-0.15, -0.1) is -0.0619 Å². The molecule has 3 aromatic heterocycles. The molecule has 54 heteroatoms. The van der Waals surface area contributed by atoms with E-state index in [-0.39, 0.29) is 181 Å². The maximum absolute atomic E-state index is 13.9. The van der Waals surface area contributed by atoms with Crippen molar-refractivity contribution in [2.24, 2.45) is 5.73 Å². The molecule has 6 heterocycles. The van der Waals surface area contributed by atoms with Crippen LogP contribution in [0.25, 0.3) is 22.5 Å². The molecule has 0 aliphatic carbocycles. The fourth-order valence-corrected chi connectivity index (χ4v) is 12.4. The van der Waals surface area contributed by atoms with Crippen LogP contribution < -0.4 is 55.4 Å². The molecule has 5 aromatic carbocycles. The fourth-order valence-electron chi connectivity index (χ4n) is 11.0. The standard InChI is InChI=1S/C16H26BFN2O2.C15H18FN5O2.C15H20FN5.C12H24B2O4.C10H14BrFN2.C7H4BrFO.C5H4BrN3O2.C4H12N2.CI3.CHI2.2CH2I.CH4O.CH4.CH3.5V/c1-15(2)16(3,4)22-17(21-15)12-9-13(18)11-14(10-12)19-7-8-20(5)6;1-20(2)6-5-18-12-8-10(7-11(16)9-12)14-15(21(22)23)13(17)3-4-19-14;1-21(2)6-5-19-12-8-10(7-11(16)9-12)15-14(18)13(17)3-4-20-15;1-9(2)10(3,4)16-13(15-9)14-17-11(5,6)12(7,8)18-14;1-14(2)4-3-13-10-6-8(11)5-9(12)7-10;8-6-1-5(4-10)2-7(9)3-6;6-5-4(9(10)11)3(7)1-2-8-5;1-6(2)4-3-5;2-1(3)4;2-1-3;3*1-2;;;;;;;/h9-11,19H,7-8H2,1-6H3;3-4,7-9,18H,5-6H2,1-2H3,(H2,17,19);3-4,7-9,19H,5-6,18H2,1-2H3,(H2,17,20);1-8H3;5-7,13H,3-4H2,1-2H3;1-4H;1-2H,(H2,7,8);3-5H2,1-2H3;;1H;2*1H2;2H,1H3;1H4;1H3;;;;;/q;;;;;;;;4*-1;;;-1;;;;;. The Kier molecular flexibility index (Phi) is 93.2. The Balaban J connectivity index is -0.000000207. The zero-order chi connectivity index (χ0) is 107. The van der Waals surface area contributed by atoms with Crippen LogP contribution in [0.3, 0.4) is 0 Å². The second kappa shape index (κ2) is 83.5. The molecule has 145 heavy (non-hydrogen) atoms. The van der Waals surface area contributed by atoms with Gasteiger partial charge in [-0.2, -0.15) is 0 Å². The molecule has 11 rings (SSSR count). The van der Waals surface area contributed by atoms with Gasteiger partial charge in [-0.05, 0) is 284 Å². The molecule has 3 saturated heterocycles. The van der Waals surface area contributed by atoms with Crippen molar-refractivity contribution in [2.75, 3.05) is 187 Å². The van der Waals surface area contributed by atoms with E-state index in [1.165, 1.54) is 85.1 Å². The molecule has 3 aliphatic heterocycles. The van der Waals surface area contributed by atoms with Crippen molar-refractivity contribution >= 4 is 296 Å². The number of likely N-dealkylation sites (N-methyl/N-ethyl adjacent to an activating group) is 5. The molecule has 8 aromatic rings. The smallest absolute Gasteiger partial charge is 0.405 e. The van der Waals surface area contributed by atoms with Gasteiger partial charge in [0.15, 0.2) is 10.3 Å². The van der Waals surface area contributed by atoms with Crippen molar-refractivity contribution in [1.29, 1.82) is 0 Å². The van der Waals surface area contributed by atoms with Crippen LogP contribution in [-0.2, 0) is 121 Å². The Morgan fingerprint density at radius 1 is 0.455 bits per heavy atom. The van der Waals surface area contributed by atoms with Crippen molar-refractivity contribution in [2.45, 2.75) is 124 Å². The summed E-state index contributed by atoms with van der Waals surface area (Å²) in [7, 11) is 19.4. The van der Waals surface area contributed by atoms with Crippen LogP contribution in [0.5, 0.6) is 0 Å². The third-order valence-electron chi connectivity index (χ3n) is 19.8. The number of aliphatic hydroxyl groups excluding tert-OH is 1. The molecular weight excluding hydrogens is 3060 g/mol. The van der Waals surface area contributed by atoms with E-state index >= 15 is 0 Å². The number of benzene rings is 5. The summed E-state index contributed by atoms with van der Waals surface area (Å²) in [4.78, 5) is 59.0. The second-order valence-electron chi connectivity index (χ2n) is 33.7. The Labute approximate surface area is 1040 Å². The van der Waals surface area contributed by atoms with Crippen LogP contribution in [0.15, 0.2) is 141 Å². The topological polar surface area (TPSA) is 412 Å². The molecule has 3 aliphatic rings. The molecule has 31 nitrogen and oxygen atoms in total. The van der Waals surface area contributed by atoms with Crippen molar-refractivity contribution < 1.29 is 162 Å². The van der Waals surface area contributed by atoms with E-state index in [1.807, 2.05) is 229 Å². The van der Waals surface area contributed by atoms with Gasteiger partial charge in [0.25, 0.3) is 0 Å². The van der Waals surface area contributed by atoms with E-state index in [0.717, 1.165) is 81.9 Å². The molecular formula is C91H138B3Br3F5I7N19O12V5-5. The Morgan fingerprint density at radius 3 is 1.03 bits per heavy atom. The number of pyridine rings is 3.